The Bertz CT molecular complexity index is 299. The number of aromatic nitrogens is 1. The molecule has 1 aromatic heterocycles. The lowest BCUT2D eigenvalue weighted by Gasteiger charge is -2.28. The monoisotopic (exact) mass is 251 g/mol. The van der Waals surface area contributed by atoms with Crippen LogP contribution in [-0.4, -0.2) is 9.73 Å². The summed E-state index contributed by atoms with van der Waals surface area (Å²) < 4.78 is 0.160. The zero-order valence-electron chi connectivity index (χ0n) is 11.2. The summed E-state index contributed by atoms with van der Waals surface area (Å²) in [6.45, 7) is 4.50. The van der Waals surface area contributed by atoms with Crippen molar-refractivity contribution in [2.45, 2.75) is 63.5 Å². The van der Waals surface area contributed by atoms with Crippen LogP contribution in [0.1, 0.15) is 57.9 Å². The van der Waals surface area contributed by atoms with Crippen molar-refractivity contribution in [3.63, 3.8) is 0 Å². The van der Waals surface area contributed by atoms with Crippen molar-refractivity contribution in [2.24, 2.45) is 0 Å². The molecule has 1 unspecified atom stereocenters. The van der Waals surface area contributed by atoms with Gasteiger partial charge in [0.15, 0.2) is 0 Å². The van der Waals surface area contributed by atoms with Crippen LogP contribution in [-0.2, 0) is 6.42 Å². The zero-order valence-corrected chi connectivity index (χ0v) is 12.0. The van der Waals surface area contributed by atoms with Gasteiger partial charge in [0.2, 0.25) is 0 Å². The van der Waals surface area contributed by atoms with E-state index in [0.717, 1.165) is 6.42 Å². The summed E-state index contributed by atoms with van der Waals surface area (Å²) >= 11 is 4.96. The fourth-order valence-electron chi connectivity index (χ4n) is 2.35. The Balaban J connectivity index is 2.57. The molecule has 0 aliphatic carbocycles. The highest BCUT2D eigenvalue weighted by Gasteiger charge is 2.24. The van der Waals surface area contributed by atoms with Crippen molar-refractivity contribution in [1.82, 2.24) is 4.98 Å². The first-order chi connectivity index (χ1) is 8.20. The fraction of sp³-hybridized carbons (Fsp3) is 0.667. The molecule has 1 atom stereocenters. The molecule has 0 aromatic carbocycles. The minimum Gasteiger partial charge on any atom is -0.264 e. The summed E-state index contributed by atoms with van der Waals surface area (Å²) in [4.78, 5) is 4.19. The van der Waals surface area contributed by atoms with E-state index in [9.17, 15) is 0 Å². The third-order valence-corrected chi connectivity index (χ3v) is 3.82. The molecule has 0 saturated heterocycles. The number of pyridine rings is 1. The standard InChI is InChI=1S/C15H25NS/c1-3-5-6-10-15(17,9-4-2)12-14-8-7-11-16-13-14/h7-8,11,13,17H,3-6,9-10,12H2,1-2H3. The van der Waals surface area contributed by atoms with Crippen LogP contribution in [0.2, 0.25) is 0 Å². The van der Waals surface area contributed by atoms with Gasteiger partial charge in [0.05, 0.1) is 0 Å². The summed E-state index contributed by atoms with van der Waals surface area (Å²) in [5, 5.41) is 0. The van der Waals surface area contributed by atoms with Gasteiger partial charge in [-0.3, -0.25) is 4.98 Å². The Kier molecular flexibility index (Phi) is 6.64. The van der Waals surface area contributed by atoms with Crippen LogP contribution in [0.3, 0.4) is 0 Å². The normalized spacial score (nSPS) is 14.5. The lowest BCUT2D eigenvalue weighted by Crippen LogP contribution is -2.24. The molecule has 0 amide bonds. The summed E-state index contributed by atoms with van der Waals surface area (Å²) in [5.74, 6) is 0. The van der Waals surface area contributed by atoms with Gasteiger partial charge >= 0.3 is 0 Å². The molecule has 0 bridgehead atoms. The molecular formula is C15H25NS. The molecule has 1 rings (SSSR count). The smallest absolute Gasteiger partial charge is 0.0300 e. The second-order valence-corrected chi connectivity index (χ2v) is 5.92. The second-order valence-electron chi connectivity index (χ2n) is 4.97. The number of unbranched alkanes of at least 4 members (excludes halogenated alkanes) is 2. The SMILES string of the molecule is CCCCCC(S)(CCC)Cc1cccnc1. The minimum absolute atomic E-state index is 0.160. The summed E-state index contributed by atoms with van der Waals surface area (Å²) in [6.07, 6.45) is 12.3. The quantitative estimate of drug-likeness (QED) is 0.523. The van der Waals surface area contributed by atoms with Crippen molar-refractivity contribution in [2.75, 3.05) is 0 Å². The van der Waals surface area contributed by atoms with Crippen molar-refractivity contribution in [3.8, 4) is 0 Å². The summed E-state index contributed by atoms with van der Waals surface area (Å²) in [5.41, 5.74) is 1.31. The van der Waals surface area contributed by atoms with Gasteiger partial charge in [0.25, 0.3) is 0 Å². The van der Waals surface area contributed by atoms with E-state index in [1.807, 2.05) is 18.5 Å². The third kappa shape index (κ3) is 5.58. The number of hydrogen-bond donors (Lipinski definition) is 1. The van der Waals surface area contributed by atoms with E-state index in [4.69, 9.17) is 12.6 Å². The highest BCUT2D eigenvalue weighted by Crippen LogP contribution is 2.31. The van der Waals surface area contributed by atoms with Gasteiger partial charge in [-0.05, 0) is 30.9 Å². The van der Waals surface area contributed by atoms with Crippen LogP contribution in [0, 0.1) is 0 Å². The number of rotatable bonds is 8. The maximum absolute atomic E-state index is 4.96. The first-order valence-electron chi connectivity index (χ1n) is 6.81. The van der Waals surface area contributed by atoms with Crippen LogP contribution < -0.4 is 0 Å². The predicted octanol–water partition coefficient (Wildman–Crippen LogP) is 4.67. The average Bonchev–Trinajstić information content (AvgIpc) is 2.31. The molecule has 2 heteroatoms. The lowest BCUT2D eigenvalue weighted by molar-refractivity contribution is 0.469. The predicted molar refractivity (Wildman–Crippen MR) is 78.7 cm³/mol. The molecule has 0 saturated carbocycles. The summed E-state index contributed by atoms with van der Waals surface area (Å²) in [6, 6.07) is 4.18. The molecule has 0 aliphatic rings. The Labute approximate surface area is 111 Å². The molecule has 17 heavy (non-hydrogen) atoms. The van der Waals surface area contributed by atoms with E-state index < -0.39 is 0 Å². The van der Waals surface area contributed by atoms with E-state index in [0.29, 0.717) is 0 Å². The largest absolute Gasteiger partial charge is 0.264 e. The Morgan fingerprint density at radius 3 is 2.59 bits per heavy atom. The fourth-order valence-corrected chi connectivity index (χ4v) is 2.92. The second kappa shape index (κ2) is 7.75. The highest BCUT2D eigenvalue weighted by molar-refractivity contribution is 7.81. The van der Waals surface area contributed by atoms with Crippen molar-refractivity contribution < 1.29 is 0 Å². The molecule has 1 aromatic rings. The Hall–Kier alpha value is -0.500. The molecule has 0 N–H and O–H groups in total. The van der Waals surface area contributed by atoms with E-state index in [2.05, 4.69) is 24.9 Å². The molecule has 1 nitrogen and oxygen atoms in total. The van der Waals surface area contributed by atoms with Gasteiger partial charge in [-0.25, -0.2) is 0 Å². The Morgan fingerprint density at radius 1 is 1.18 bits per heavy atom. The molecule has 0 spiro atoms. The van der Waals surface area contributed by atoms with Crippen LogP contribution >= 0.6 is 12.6 Å². The maximum atomic E-state index is 4.96. The van der Waals surface area contributed by atoms with E-state index >= 15 is 0 Å². The average molecular weight is 251 g/mol. The van der Waals surface area contributed by atoms with E-state index in [-0.39, 0.29) is 4.75 Å². The van der Waals surface area contributed by atoms with Gasteiger partial charge in [-0.1, -0.05) is 45.6 Å². The molecule has 96 valence electrons. The minimum atomic E-state index is 0.160. The molecule has 0 fully saturated rings. The van der Waals surface area contributed by atoms with Crippen molar-refractivity contribution in [1.29, 1.82) is 0 Å². The van der Waals surface area contributed by atoms with E-state index in [1.54, 1.807) is 0 Å². The van der Waals surface area contributed by atoms with Crippen LogP contribution in [0.4, 0.5) is 0 Å². The van der Waals surface area contributed by atoms with Crippen molar-refractivity contribution in [3.05, 3.63) is 30.1 Å². The summed E-state index contributed by atoms with van der Waals surface area (Å²) in [7, 11) is 0. The zero-order chi connectivity index (χ0) is 12.6. The Morgan fingerprint density at radius 2 is 2.00 bits per heavy atom. The lowest BCUT2D eigenvalue weighted by atomic mass is 9.89. The number of thiol groups is 1. The van der Waals surface area contributed by atoms with Gasteiger partial charge < -0.3 is 0 Å². The van der Waals surface area contributed by atoms with Gasteiger partial charge in [0, 0.05) is 17.1 Å². The van der Waals surface area contributed by atoms with Crippen LogP contribution in [0.5, 0.6) is 0 Å². The third-order valence-electron chi connectivity index (χ3n) is 3.22. The van der Waals surface area contributed by atoms with Crippen LogP contribution in [0.25, 0.3) is 0 Å². The van der Waals surface area contributed by atoms with Crippen molar-refractivity contribution >= 4 is 12.6 Å². The van der Waals surface area contributed by atoms with E-state index in [1.165, 1.54) is 44.1 Å². The molecule has 0 aliphatic heterocycles. The topological polar surface area (TPSA) is 12.9 Å². The maximum Gasteiger partial charge on any atom is 0.0300 e. The van der Waals surface area contributed by atoms with Gasteiger partial charge in [-0.2, -0.15) is 12.6 Å². The number of hydrogen-bond acceptors (Lipinski definition) is 2. The van der Waals surface area contributed by atoms with Gasteiger partial charge in [-0.15, -0.1) is 0 Å². The van der Waals surface area contributed by atoms with Crippen LogP contribution in [0.15, 0.2) is 24.5 Å². The highest BCUT2D eigenvalue weighted by atomic mass is 32.1. The first-order valence-corrected chi connectivity index (χ1v) is 7.26. The molecular weight excluding hydrogens is 226 g/mol. The molecule has 0 radical (unpaired) electrons. The molecule has 1 heterocycles. The van der Waals surface area contributed by atoms with Gasteiger partial charge in [0.1, 0.15) is 0 Å². The first kappa shape index (κ1) is 14.6. The number of nitrogens with zero attached hydrogens (tertiary/aromatic N) is 1.